The summed E-state index contributed by atoms with van der Waals surface area (Å²) in [6.45, 7) is 13.9. The number of ether oxygens (including phenoxy) is 1. The third-order valence-corrected chi connectivity index (χ3v) is 2.37. The number of cyclic esters (lactones) is 1. The average molecular weight is 372 g/mol. The quantitative estimate of drug-likeness (QED) is 0.214. The Morgan fingerprint density at radius 3 is 1.88 bits per heavy atom. The smallest absolute Gasteiger partial charge is 0 e. The molecule has 1 aliphatic rings. The summed E-state index contributed by atoms with van der Waals surface area (Å²) in [6.07, 6.45) is 20.7. The van der Waals surface area contributed by atoms with E-state index in [4.69, 9.17) is 18.7 Å². The fraction of sp³-hybridized carbons (Fsp3) is 0.333. The van der Waals surface area contributed by atoms with Crippen LogP contribution >= 0.6 is 0 Å². The van der Waals surface area contributed by atoms with Crippen molar-refractivity contribution in [2.45, 2.75) is 32.1 Å². The van der Waals surface area contributed by atoms with Gasteiger partial charge in [-0.15, -0.1) is 0 Å². The molecule has 0 aromatic carbocycles. The molecular weight excluding hydrogens is 352 g/mol. The first-order valence-electron chi connectivity index (χ1n) is 6.80. The molecule has 0 aromatic heterocycles. The van der Waals surface area contributed by atoms with E-state index in [9.17, 15) is 4.79 Å². The summed E-state index contributed by atoms with van der Waals surface area (Å²) in [7, 11) is 0. The first-order valence-corrected chi connectivity index (χ1v) is 6.80. The van der Waals surface area contributed by atoms with Gasteiger partial charge in [-0.1, -0.05) is 42.5 Å². The molecule has 0 N–H and O–H groups in total. The summed E-state index contributed by atoms with van der Waals surface area (Å²) < 4.78 is 27.5. The number of hydrogen-bond acceptors (Lipinski definition) is 2. The zero-order valence-corrected chi connectivity index (χ0v) is 14.4. The van der Waals surface area contributed by atoms with Crippen molar-refractivity contribution >= 4 is 5.97 Å². The summed E-state index contributed by atoms with van der Waals surface area (Å²) in [5.74, 6) is -0.129. The van der Waals surface area contributed by atoms with Crippen LogP contribution in [0.25, 0.3) is 0 Å². The second kappa shape index (κ2) is 32.9. The van der Waals surface area contributed by atoms with E-state index in [1.54, 1.807) is 0 Å². The number of carbonyl (C=O) groups excluding carboxylic acids is 1. The molecule has 0 atom stereocenters. The predicted molar refractivity (Wildman–Crippen MR) is 82.4 cm³/mol. The van der Waals surface area contributed by atoms with Gasteiger partial charge in [0.25, 0.3) is 0 Å². The summed E-state index contributed by atoms with van der Waals surface area (Å²) in [5.41, 5.74) is 0. The number of esters is 1. The summed E-state index contributed by atoms with van der Waals surface area (Å²) in [4.78, 5) is 11.3. The maximum Gasteiger partial charge on any atom is 0 e. The van der Waals surface area contributed by atoms with E-state index < -0.39 is 0 Å². The largest absolute Gasteiger partial charge is 0 e. The van der Waals surface area contributed by atoms with Crippen LogP contribution < -0.4 is 0 Å². The van der Waals surface area contributed by atoms with Gasteiger partial charge in [0, 0.05) is 23.5 Å². The molecule has 24 heavy (non-hydrogen) atoms. The number of carbonyl (C=O) groups is 1. The topological polar surface area (TPSA) is 86.0 Å². The Morgan fingerprint density at radius 1 is 0.750 bits per heavy atom. The molecule has 0 unspecified atom stereocenters. The molecule has 0 amide bonds. The molecule has 1 rings (SSSR count). The number of hydrogen-bond donors (Lipinski definition) is 0. The van der Waals surface area contributed by atoms with Crippen LogP contribution in [0.5, 0.6) is 0 Å². The zero-order chi connectivity index (χ0) is 18.2. The van der Waals surface area contributed by atoms with Gasteiger partial charge in [0.2, 0.25) is 0 Å². The molecule has 6 heteroatoms. The van der Waals surface area contributed by atoms with E-state index >= 15 is 0 Å². The summed E-state index contributed by atoms with van der Waals surface area (Å²) in [6, 6.07) is 0. The average Bonchev–Trinajstić information content (AvgIpc) is 2.62. The van der Waals surface area contributed by atoms with Crippen molar-refractivity contribution in [3.05, 3.63) is 68.6 Å². The van der Waals surface area contributed by atoms with Gasteiger partial charge in [0.05, 0.1) is 0 Å². The van der Waals surface area contributed by atoms with Crippen LogP contribution in [0, 0.1) is 20.0 Å². The standard InChI is InChI=1S/C15H20O2.3CO.Fe/c16-15-13-11-9-7-5-3-1-2-4-6-8-10-12-14-17-15;3*1-2;/h2,4,6-10,12H,1,3,5,11,13-14H2;;;;/b4-2+,8-6+,9-7+,12-10-;;;;. The van der Waals surface area contributed by atoms with Crippen molar-refractivity contribution in [2.75, 3.05) is 6.61 Å². The van der Waals surface area contributed by atoms with Gasteiger partial charge in [-0.05, 0) is 31.8 Å². The van der Waals surface area contributed by atoms with E-state index in [1.807, 2.05) is 30.4 Å². The Morgan fingerprint density at radius 2 is 1.25 bits per heavy atom. The number of allylic oxidation sites excluding steroid dienone is 7. The first-order chi connectivity index (χ1) is 11.4. The molecule has 0 saturated carbocycles. The van der Waals surface area contributed by atoms with Gasteiger partial charge in [-0.3, -0.25) is 4.79 Å². The van der Waals surface area contributed by atoms with Crippen LogP contribution in [0.4, 0.5) is 0 Å². The van der Waals surface area contributed by atoms with Crippen LogP contribution in [0.1, 0.15) is 32.1 Å². The summed E-state index contributed by atoms with van der Waals surface area (Å²) >= 11 is 0. The van der Waals surface area contributed by atoms with Gasteiger partial charge in [0.1, 0.15) is 6.61 Å². The van der Waals surface area contributed by atoms with Gasteiger partial charge in [-0.2, -0.15) is 0 Å². The fourth-order valence-corrected chi connectivity index (χ4v) is 1.44. The molecule has 0 fully saturated rings. The van der Waals surface area contributed by atoms with Crippen molar-refractivity contribution in [3.63, 3.8) is 0 Å². The van der Waals surface area contributed by atoms with Crippen molar-refractivity contribution in [3.8, 4) is 0 Å². The Hall–Kier alpha value is -1.83. The minimum Gasteiger partial charge on any atom is 0 e. The van der Waals surface area contributed by atoms with Crippen LogP contribution in [-0.2, 0) is 40.6 Å². The molecule has 5 nitrogen and oxygen atoms in total. The van der Waals surface area contributed by atoms with E-state index in [2.05, 4.69) is 38.2 Å². The Balaban J connectivity index is -0.000000256. The Kier molecular flexibility index (Phi) is 41.3. The van der Waals surface area contributed by atoms with E-state index in [0.29, 0.717) is 13.0 Å². The fourth-order valence-electron chi connectivity index (χ4n) is 1.44. The van der Waals surface area contributed by atoms with Gasteiger partial charge in [0.15, 0.2) is 0 Å². The van der Waals surface area contributed by atoms with Crippen LogP contribution in [0.15, 0.2) is 48.6 Å². The van der Waals surface area contributed by atoms with E-state index in [-0.39, 0.29) is 23.0 Å². The molecular formula is C18H20FeO5. The van der Waals surface area contributed by atoms with Crippen LogP contribution in [0.3, 0.4) is 0 Å². The van der Waals surface area contributed by atoms with Gasteiger partial charge in [-0.25, -0.2) is 0 Å². The molecule has 0 aliphatic carbocycles. The van der Waals surface area contributed by atoms with Crippen molar-refractivity contribution in [1.82, 2.24) is 0 Å². The molecule has 0 spiro atoms. The minimum absolute atomic E-state index is 0. The second-order valence-electron chi connectivity index (χ2n) is 3.87. The number of rotatable bonds is 0. The molecule has 0 bridgehead atoms. The molecule has 1 aliphatic heterocycles. The first kappa shape index (κ1) is 30.1. The molecule has 130 valence electrons. The maximum absolute atomic E-state index is 11.3. The molecule has 0 saturated heterocycles. The molecule has 0 radical (unpaired) electrons. The zero-order valence-electron chi connectivity index (χ0n) is 13.3. The monoisotopic (exact) mass is 372 g/mol. The third-order valence-electron chi connectivity index (χ3n) is 2.37. The van der Waals surface area contributed by atoms with Crippen LogP contribution in [0.2, 0.25) is 0 Å². The maximum atomic E-state index is 11.3. The van der Waals surface area contributed by atoms with Gasteiger partial charge >= 0.3 is 39.9 Å². The van der Waals surface area contributed by atoms with Crippen molar-refractivity contribution in [2.24, 2.45) is 0 Å². The minimum atomic E-state index is -0.129. The molecule has 1 heterocycles. The van der Waals surface area contributed by atoms with E-state index in [0.717, 1.165) is 25.7 Å². The van der Waals surface area contributed by atoms with Crippen molar-refractivity contribution < 1.29 is 40.6 Å². The SMILES string of the molecule is O=C1CC/C=C/CCC/C=C/C=C/C=C\CO1.[C-]#[O+].[C-]#[O+].[C-]#[O+].[Fe]. The van der Waals surface area contributed by atoms with E-state index in [1.165, 1.54) is 0 Å². The van der Waals surface area contributed by atoms with Gasteiger partial charge < -0.3 is 4.74 Å². The van der Waals surface area contributed by atoms with Crippen molar-refractivity contribution in [1.29, 1.82) is 0 Å². The second-order valence-corrected chi connectivity index (χ2v) is 3.87. The third kappa shape index (κ3) is 28.3. The Labute approximate surface area is 154 Å². The normalized spacial score (nSPS) is 19.2. The molecule has 0 aromatic rings. The summed E-state index contributed by atoms with van der Waals surface area (Å²) in [5, 5.41) is 0. The van der Waals surface area contributed by atoms with Crippen LogP contribution in [-0.4, -0.2) is 12.6 Å². The predicted octanol–water partition coefficient (Wildman–Crippen LogP) is 3.60. The Bertz CT molecular complexity index is 428.